The van der Waals surface area contributed by atoms with Gasteiger partial charge < -0.3 is 15.2 Å². The number of aromatic nitrogens is 3. The zero-order valence-corrected chi connectivity index (χ0v) is 20.4. The van der Waals surface area contributed by atoms with Crippen molar-refractivity contribution < 1.29 is 31.8 Å². The summed E-state index contributed by atoms with van der Waals surface area (Å²) in [5, 5.41) is 4.73. The van der Waals surface area contributed by atoms with Crippen molar-refractivity contribution in [2.75, 3.05) is 18.9 Å². The summed E-state index contributed by atoms with van der Waals surface area (Å²) in [6, 6.07) is 4.77. The summed E-state index contributed by atoms with van der Waals surface area (Å²) in [5.41, 5.74) is 8.07. The number of rotatable bonds is 5. The van der Waals surface area contributed by atoms with Gasteiger partial charge in [0.2, 0.25) is 6.29 Å². The smallest absolute Gasteiger partial charge is 0.446 e. The summed E-state index contributed by atoms with van der Waals surface area (Å²) in [4.78, 5) is 12.9. The van der Waals surface area contributed by atoms with Gasteiger partial charge >= 0.3 is 6.18 Å². The van der Waals surface area contributed by atoms with Gasteiger partial charge in [-0.15, -0.1) is 0 Å². The van der Waals surface area contributed by atoms with Gasteiger partial charge in [-0.25, -0.2) is 9.37 Å². The molecular weight excluding hydrogens is 527 g/mol. The summed E-state index contributed by atoms with van der Waals surface area (Å²) in [6.45, 7) is 3.20. The quantitative estimate of drug-likeness (QED) is 0.231. The number of nitrogens with zero attached hydrogens (tertiary/aromatic N) is 3. The summed E-state index contributed by atoms with van der Waals surface area (Å²) in [6.07, 6.45) is 0.967. The van der Waals surface area contributed by atoms with Gasteiger partial charge in [-0.3, -0.25) is 9.48 Å². The van der Waals surface area contributed by atoms with E-state index in [9.17, 15) is 17.6 Å². The molecule has 1 aromatic carbocycles. The molecule has 3 aromatic rings. The second-order valence-corrected chi connectivity index (χ2v) is 8.62. The standard InChI is InChI=1S/C21H21Cl2FN4O2.C2HF3O/c1-12(19-16(22)2-3-17(24)20(19)23)30-18-8-13(9-26-21(18)25)14-10-27-28(11-14)15-4-6-29-7-5-15;3-2(4,5)1-6/h2-3,8-12,15H,4-7H2,1H3,(H2,25,26);1H. The highest BCUT2D eigenvalue weighted by Crippen LogP contribution is 2.37. The van der Waals surface area contributed by atoms with Crippen LogP contribution in [0.15, 0.2) is 36.8 Å². The molecule has 1 fully saturated rings. The van der Waals surface area contributed by atoms with Crippen molar-refractivity contribution >= 4 is 35.3 Å². The zero-order valence-electron chi connectivity index (χ0n) is 18.9. The highest BCUT2D eigenvalue weighted by Gasteiger charge is 2.25. The van der Waals surface area contributed by atoms with Crippen molar-refractivity contribution in [1.29, 1.82) is 0 Å². The lowest BCUT2D eigenvalue weighted by atomic mass is 10.1. The van der Waals surface area contributed by atoms with Crippen molar-refractivity contribution in [1.82, 2.24) is 14.8 Å². The number of nitrogens with two attached hydrogens (primary N) is 1. The van der Waals surface area contributed by atoms with Crippen molar-refractivity contribution in [3.63, 3.8) is 0 Å². The zero-order chi connectivity index (χ0) is 26.5. The van der Waals surface area contributed by atoms with E-state index in [-0.39, 0.29) is 10.8 Å². The molecule has 0 bridgehead atoms. The number of carbonyl (C=O) groups is 1. The van der Waals surface area contributed by atoms with Gasteiger partial charge in [-0.2, -0.15) is 18.3 Å². The van der Waals surface area contributed by atoms with Crippen LogP contribution in [0.3, 0.4) is 0 Å². The molecule has 36 heavy (non-hydrogen) atoms. The third-order valence-corrected chi connectivity index (χ3v) is 6.02. The molecule has 4 rings (SSSR count). The van der Waals surface area contributed by atoms with Crippen LogP contribution in [-0.2, 0) is 9.53 Å². The third-order valence-electron chi connectivity index (χ3n) is 5.30. The molecule has 1 aliphatic heterocycles. The van der Waals surface area contributed by atoms with Crippen LogP contribution >= 0.6 is 23.2 Å². The summed E-state index contributed by atoms with van der Waals surface area (Å²) >= 11 is 12.3. The predicted molar refractivity (Wildman–Crippen MR) is 127 cm³/mol. The molecular formula is C23H22Cl2F4N4O3. The molecule has 3 heterocycles. The average molecular weight is 549 g/mol. The van der Waals surface area contributed by atoms with E-state index in [1.807, 2.05) is 10.9 Å². The van der Waals surface area contributed by atoms with Gasteiger partial charge in [-0.1, -0.05) is 23.2 Å². The molecule has 2 aromatic heterocycles. The first-order valence-electron chi connectivity index (χ1n) is 10.7. The Bertz CT molecular complexity index is 1200. The maximum absolute atomic E-state index is 13.9. The number of nitrogen functional groups attached to an aromatic ring is 1. The molecule has 1 saturated heterocycles. The molecule has 1 unspecified atom stereocenters. The lowest BCUT2D eigenvalue weighted by Gasteiger charge is -2.22. The number of halogens is 6. The van der Waals surface area contributed by atoms with Crippen LogP contribution in [0.1, 0.15) is 37.5 Å². The number of ether oxygens (including phenoxy) is 2. The van der Waals surface area contributed by atoms with Crippen LogP contribution < -0.4 is 10.5 Å². The van der Waals surface area contributed by atoms with Crippen LogP contribution in [-0.4, -0.2) is 40.4 Å². The van der Waals surface area contributed by atoms with E-state index < -0.39 is 24.4 Å². The lowest BCUT2D eigenvalue weighted by Crippen LogP contribution is -2.19. The first kappa shape index (κ1) is 27.7. The maximum atomic E-state index is 13.9. The number of benzene rings is 1. The van der Waals surface area contributed by atoms with Gasteiger partial charge in [0, 0.05) is 47.3 Å². The Morgan fingerprint density at radius 3 is 2.53 bits per heavy atom. The maximum Gasteiger partial charge on any atom is 0.446 e. The van der Waals surface area contributed by atoms with E-state index in [1.54, 1.807) is 25.4 Å². The molecule has 0 radical (unpaired) electrons. The number of pyridine rings is 1. The summed E-state index contributed by atoms with van der Waals surface area (Å²) in [5.74, 6) is 0.00757. The highest BCUT2D eigenvalue weighted by atomic mass is 35.5. The SMILES string of the molecule is CC(Oc1cc(-c2cnn(C3CCOCC3)c2)cnc1N)c1c(Cl)ccc(F)c1Cl.O=CC(F)(F)F. The number of anilines is 1. The molecule has 1 aliphatic rings. The number of aldehydes is 1. The Morgan fingerprint density at radius 1 is 1.22 bits per heavy atom. The van der Waals surface area contributed by atoms with E-state index in [0.29, 0.717) is 22.4 Å². The minimum Gasteiger partial charge on any atom is -0.482 e. The Morgan fingerprint density at radius 2 is 1.89 bits per heavy atom. The number of carbonyl (C=O) groups excluding carboxylic acids is 1. The number of hydrogen-bond donors (Lipinski definition) is 1. The normalized spacial score (nSPS) is 15.1. The van der Waals surface area contributed by atoms with Gasteiger partial charge in [-0.05, 0) is 38.0 Å². The predicted octanol–water partition coefficient (Wildman–Crippen LogP) is 6.21. The second-order valence-electron chi connectivity index (χ2n) is 7.84. The van der Waals surface area contributed by atoms with Crippen LogP contribution in [0, 0.1) is 5.82 Å². The van der Waals surface area contributed by atoms with Crippen LogP contribution in [0.4, 0.5) is 23.4 Å². The van der Waals surface area contributed by atoms with Gasteiger partial charge in [0.1, 0.15) is 11.9 Å². The third kappa shape index (κ3) is 7.08. The van der Waals surface area contributed by atoms with E-state index >= 15 is 0 Å². The molecule has 13 heteroatoms. The monoisotopic (exact) mass is 548 g/mol. The van der Waals surface area contributed by atoms with Gasteiger partial charge in [0.15, 0.2) is 11.6 Å². The van der Waals surface area contributed by atoms with Crippen molar-refractivity contribution in [3.8, 4) is 16.9 Å². The largest absolute Gasteiger partial charge is 0.482 e. The van der Waals surface area contributed by atoms with Crippen LogP contribution in [0.5, 0.6) is 5.75 Å². The van der Waals surface area contributed by atoms with Crippen molar-refractivity contribution in [2.24, 2.45) is 0 Å². The topological polar surface area (TPSA) is 92.3 Å². The summed E-state index contributed by atoms with van der Waals surface area (Å²) in [7, 11) is 0. The molecule has 194 valence electrons. The highest BCUT2D eigenvalue weighted by molar-refractivity contribution is 6.36. The van der Waals surface area contributed by atoms with Gasteiger partial charge in [0.25, 0.3) is 0 Å². The average Bonchev–Trinajstić information content (AvgIpc) is 3.34. The molecule has 0 amide bonds. The fraction of sp³-hybridized carbons (Fsp3) is 0.348. The number of alkyl halides is 3. The van der Waals surface area contributed by atoms with E-state index in [1.165, 1.54) is 12.1 Å². The minimum absolute atomic E-state index is 0.0737. The van der Waals surface area contributed by atoms with Gasteiger partial charge in [0.05, 0.1) is 17.3 Å². The van der Waals surface area contributed by atoms with E-state index in [4.69, 9.17) is 43.2 Å². The Hall–Kier alpha value is -2.89. The van der Waals surface area contributed by atoms with E-state index in [2.05, 4.69) is 10.1 Å². The molecule has 0 spiro atoms. The van der Waals surface area contributed by atoms with Crippen molar-refractivity contribution in [2.45, 2.75) is 38.1 Å². The molecule has 1 atom stereocenters. The Balaban J connectivity index is 0.000000538. The minimum atomic E-state index is -4.64. The first-order valence-corrected chi connectivity index (χ1v) is 11.5. The molecule has 0 saturated carbocycles. The fourth-order valence-electron chi connectivity index (χ4n) is 3.51. The Kier molecular flexibility index (Phi) is 9.15. The van der Waals surface area contributed by atoms with Crippen LogP contribution in [0.25, 0.3) is 11.1 Å². The number of hydrogen-bond acceptors (Lipinski definition) is 6. The molecule has 2 N–H and O–H groups in total. The Labute approximate surface area is 214 Å². The molecule has 7 nitrogen and oxygen atoms in total. The molecule has 0 aliphatic carbocycles. The first-order chi connectivity index (χ1) is 17.0. The van der Waals surface area contributed by atoms with E-state index in [0.717, 1.165) is 37.2 Å². The summed E-state index contributed by atoms with van der Waals surface area (Å²) < 4.78 is 58.5. The van der Waals surface area contributed by atoms with Crippen molar-refractivity contribution in [3.05, 3.63) is 58.2 Å². The van der Waals surface area contributed by atoms with Crippen LogP contribution in [0.2, 0.25) is 10.0 Å². The lowest BCUT2D eigenvalue weighted by molar-refractivity contribution is -0.156. The second kappa shape index (κ2) is 11.9. The fourth-order valence-corrected chi connectivity index (χ4v) is 4.19.